The zero-order valence-corrected chi connectivity index (χ0v) is 24.2. The number of aliphatic hydroxyl groups is 1. The summed E-state index contributed by atoms with van der Waals surface area (Å²) in [6.45, 7) is 3.97. The minimum atomic E-state index is -0.552. The predicted octanol–water partition coefficient (Wildman–Crippen LogP) is 4.72. The molecule has 0 fully saturated rings. The van der Waals surface area contributed by atoms with E-state index < -0.39 is 18.2 Å². The number of methoxy groups -OCH3 is 1. The smallest absolute Gasteiger partial charge is 0.323 e. The highest BCUT2D eigenvalue weighted by atomic mass is 16.5. The van der Waals surface area contributed by atoms with Crippen LogP contribution in [0.2, 0.25) is 0 Å². The van der Waals surface area contributed by atoms with Gasteiger partial charge in [0.25, 0.3) is 5.91 Å². The molecule has 0 bridgehead atoms. The highest BCUT2D eigenvalue weighted by Gasteiger charge is 2.35. The number of fused-ring (bicyclic) bond motifs is 1. The number of likely N-dealkylation sites (N-methyl/N-ethyl adjacent to an activating group) is 1. The second-order valence-electron chi connectivity index (χ2n) is 10.3. The number of benzene rings is 3. The van der Waals surface area contributed by atoms with Crippen molar-refractivity contribution in [2.24, 2.45) is 5.92 Å². The molecule has 11 heteroatoms. The molecule has 4 N–H and O–H groups in total. The fourth-order valence-corrected chi connectivity index (χ4v) is 4.61. The third kappa shape index (κ3) is 7.29. The van der Waals surface area contributed by atoms with Gasteiger partial charge in [0, 0.05) is 30.9 Å². The summed E-state index contributed by atoms with van der Waals surface area (Å²) >= 11 is 0. The summed E-state index contributed by atoms with van der Waals surface area (Å²) in [7, 11) is 3.23. The SMILES string of the molecule is COc1ccc(NC(=O)Nc2cccc3c2O[C@H](CN(C)C(=O)Nc2ccccc2)[C@H](C)CN([C@@H](C)CO)C3=O)cc1. The van der Waals surface area contributed by atoms with Crippen LogP contribution in [0.15, 0.2) is 72.8 Å². The molecule has 222 valence electrons. The first-order valence-electron chi connectivity index (χ1n) is 13.7. The Morgan fingerprint density at radius 2 is 1.71 bits per heavy atom. The topological polar surface area (TPSA) is 132 Å². The molecule has 0 aliphatic carbocycles. The maximum absolute atomic E-state index is 13.7. The molecular formula is C31H37N5O6. The summed E-state index contributed by atoms with van der Waals surface area (Å²) in [5, 5.41) is 18.3. The van der Waals surface area contributed by atoms with E-state index in [2.05, 4.69) is 16.0 Å². The summed E-state index contributed by atoms with van der Waals surface area (Å²) < 4.78 is 11.6. The lowest BCUT2D eigenvalue weighted by atomic mass is 9.99. The van der Waals surface area contributed by atoms with Gasteiger partial charge in [-0.1, -0.05) is 31.2 Å². The van der Waals surface area contributed by atoms with Gasteiger partial charge in [-0.15, -0.1) is 0 Å². The van der Waals surface area contributed by atoms with Crippen LogP contribution in [0, 0.1) is 5.92 Å². The van der Waals surface area contributed by atoms with E-state index in [1.54, 1.807) is 80.6 Å². The fraction of sp³-hybridized carbons (Fsp3) is 0.323. The Bertz CT molecular complexity index is 1380. The Labute approximate surface area is 245 Å². The molecule has 42 heavy (non-hydrogen) atoms. The Kier molecular flexibility index (Phi) is 9.87. The number of carbonyl (C=O) groups is 3. The highest BCUT2D eigenvalue weighted by Crippen LogP contribution is 2.35. The molecule has 11 nitrogen and oxygen atoms in total. The van der Waals surface area contributed by atoms with Crippen molar-refractivity contribution in [1.29, 1.82) is 0 Å². The number of amides is 5. The zero-order chi connectivity index (χ0) is 30.2. The number of para-hydroxylation sites is 2. The van der Waals surface area contributed by atoms with E-state index in [0.29, 0.717) is 29.4 Å². The molecule has 3 aromatic carbocycles. The van der Waals surface area contributed by atoms with Crippen LogP contribution in [0.1, 0.15) is 24.2 Å². The molecule has 0 saturated carbocycles. The number of urea groups is 2. The van der Waals surface area contributed by atoms with Gasteiger partial charge in [0.05, 0.1) is 37.6 Å². The van der Waals surface area contributed by atoms with E-state index in [1.165, 1.54) is 4.90 Å². The number of rotatable bonds is 8. The molecule has 1 aliphatic rings. The van der Waals surface area contributed by atoms with Crippen molar-refractivity contribution in [2.45, 2.75) is 26.0 Å². The van der Waals surface area contributed by atoms with Crippen molar-refractivity contribution in [3.8, 4) is 11.5 Å². The third-order valence-corrected chi connectivity index (χ3v) is 7.11. The van der Waals surface area contributed by atoms with Crippen LogP contribution in [-0.4, -0.2) is 78.9 Å². The molecule has 1 heterocycles. The van der Waals surface area contributed by atoms with Gasteiger partial charge >= 0.3 is 12.1 Å². The summed E-state index contributed by atoms with van der Waals surface area (Å²) in [6, 6.07) is 19.6. The van der Waals surface area contributed by atoms with E-state index in [9.17, 15) is 19.5 Å². The van der Waals surface area contributed by atoms with Crippen molar-refractivity contribution < 1.29 is 29.0 Å². The van der Waals surface area contributed by atoms with Gasteiger partial charge in [0.2, 0.25) is 0 Å². The van der Waals surface area contributed by atoms with E-state index in [0.717, 1.165) is 0 Å². The summed E-state index contributed by atoms with van der Waals surface area (Å²) in [4.78, 5) is 42.7. The minimum Gasteiger partial charge on any atom is -0.497 e. The van der Waals surface area contributed by atoms with Gasteiger partial charge in [0.15, 0.2) is 5.75 Å². The molecule has 0 saturated heterocycles. The number of ether oxygens (including phenoxy) is 2. The maximum atomic E-state index is 13.7. The highest BCUT2D eigenvalue weighted by molar-refractivity contribution is 6.04. The largest absolute Gasteiger partial charge is 0.497 e. The number of nitrogens with zero attached hydrogens (tertiary/aromatic N) is 2. The predicted molar refractivity (Wildman–Crippen MR) is 161 cm³/mol. The number of hydrogen-bond acceptors (Lipinski definition) is 6. The van der Waals surface area contributed by atoms with Crippen LogP contribution < -0.4 is 25.4 Å². The normalized spacial score (nSPS) is 17.1. The lowest BCUT2D eigenvalue weighted by molar-refractivity contribution is 0.0373. The van der Waals surface area contributed by atoms with Crippen molar-refractivity contribution in [2.75, 3.05) is 49.8 Å². The Morgan fingerprint density at radius 1 is 1.02 bits per heavy atom. The number of nitrogens with one attached hydrogen (secondary N) is 3. The van der Waals surface area contributed by atoms with Crippen molar-refractivity contribution in [3.05, 3.63) is 78.4 Å². The van der Waals surface area contributed by atoms with Gasteiger partial charge in [0.1, 0.15) is 11.9 Å². The molecule has 3 aromatic rings. The van der Waals surface area contributed by atoms with Crippen LogP contribution in [0.5, 0.6) is 11.5 Å². The van der Waals surface area contributed by atoms with E-state index in [4.69, 9.17) is 9.47 Å². The average molecular weight is 576 g/mol. The number of anilines is 3. The van der Waals surface area contributed by atoms with Crippen LogP contribution >= 0.6 is 0 Å². The summed E-state index contributed by atoms with van der Waals surface area (Å²) in [5.74, 6) is 0.285. The monoisotopic (exact) mass is 575 g/mol. The van der Waals surface area contributed by atoms with Crippen LogP contribution in [-0.2, 0) is 0 Å². The van der Waals surface area contributed by atoms with Gasteiger partial charge in [-0.2, -0.15) is 0 Å². The first-order chi connectivity index (χ1) is 20.2. The average Bonchev–Trinajstić information content (AvgIpc) is 2.99. The minimum absolute atomic E-state index is 0.191. The molecule has 0 spiro atoms. The van der Waals surface area contributed by atoms with Crippen molar-refractivity contribution in [3.63, 3.8) is 0 Å². The Balaban J connectivity index is 1.61. The molecule has 5 amide bonds. The van der Waals surface area contributed by atoms with E-state index >= 15 is 0 Å². The second kappa shape index (κ2) is 13.7. The summed E-state index contributed by atoms with van der Waals surface area (Å²) in [6.07, 6.45) is -0.552. The van der Waals surface area contributed by atoms with Crippen LogP contribution in [0.4, 0.5) is 26.7 Å². The molecule has 4 rings (SSSR count). The van der Waals surface area contributed by atoms with E-state index in [1.807, 2.05) is 25.1 Å². The molecule has 0 radical (unpaired) electrons. The summed E-state index contributed by atoms with van der Waals surface area (Å²) in [5.41, 5.74) is 1.74. The number of aliphatic hydroxyl groups excluding tert-OH is 1. The van der Waals surface area contributed by atoms with Crippen LogP contribution in [0.25, 0.3) is 0 Å². The van der Waals surface area contributed by atoms with Crippen molar-refractivity contribution in [1.82, 2.24) is 9.80 Å². The molecule has 1 aliphatic heterocycles. The van der Waals surface area contributed by atoms with Crippen molar-refractivity contribution >= 4 is 35.0 Å². The zero-order valence-electron chi connectivity index (χ0n) is 24.2. The Morgan fingerprint density at radius 3 is 2.38 bits per heavy atom. The molecular weight excluding hydrogens is 538 g/mol. The van der Waals surface area contributed by atoms with E-state index in [-0.39, 0.29) is 42.3 Å². The molecule has 0 unspecified atom stereocenters. The molecule has 3 atom stereocenters. The third-order valence-electron chi connectivity index (χ3n) is 7.11. The lowest BCUT2D eigenvalue weighted by Gasteiger charge is -2.38. The van der Waals surface area contributed by atoms with Crippen LogP contribution in [0.3, 0.4) is 0 Å². The second-order valence-corrected chi connectivity index (χ2v) is 10.3. The standard InChI is InChI=1S/C31H37N5O6/c1-20-17-36(21(2)19-37)29(38)25-11-8-12-26(34-30(39)32-23-13-15-24(41-4)16-14-23)28(25)42-27(20)18-35(3)31(40)33-22-9-6-5-7-10-22/h5-16,20-21,27,37H,17-19H2,1-4H3,(H,33,40)(H2,32,34,39)/t20-,21+,27-/m1/s1. The lowest BCUT2D eigenvalue weighted by Crippen LogP contribution is -2.50. The molecule has 0 aromatic heterocycles. The number of hydrogen-bond donors (Lipinski definition) is 4. The van der Waals surface area contributed by atoms with Gasteiger partial charge in [-0.3, -0.25) is 4.79 Å². The maximum Gasteiger partial charge on any atom is 0.323 e. The fourth-order valence-electron chi connectivity index (χ4n) is 4.61. The number of carbonyl (C=O) groups excluding carboxylic acids is 3. The Hall–Kier alpha value is -4.77. The quantitative estimate of drug-likeness (QED) is 0.307. The van der Waals surface area contributed by atoms with Gasteiger partial charge in [-0.25, -0.2) is 9.59 Å². The first-order valence-corrected chi connectivity index (χ1v) is 13.7. The van der Waals surface area contributed by atoms with Gasteiger partial charge in [-0.05, 0) is 55.5 Å². The first kappa shape index (κ1) is 30.2. The van der Waals surface area contributed by atoms with Gasteiger partial charge < -0.3 is 40.3 Å².